The Bertz CT molecular complexity index is 202. The molecule has 0 heteroatoms. The molecule has 0 N–H and O–H groups in total. The van der Waals surface area contributed by atoms with Crippen molar-refractivity contribution in [3.05, 3.63) is 48.6 Å². The van der Waals surface area contributed by atoms with Crippen LogP contribution in [0.15, 0.2) is 42.5 Å². The first-order valence-corrected chi connectivity index (χ1v) is 5.56. The molecule has 0 saturated carbocycles. The Labute approximate surface area is 87.7 Å². The van der Waals surface area contributed by atoms with E-state index in [0.29, 0.717) is 0 Å². The molecule has 0 heterocycles. The van der Waals surface area contributed by atoms with Crippen molar-refractivity contribution in [3.8, 4) is 0 Å². The predicted octanol–water partition coefficient (Wildman–Crippen LogP) is 4.37. The topological polar surface area (TPSA) is 0 Å². The molecule has 1 aliphatic carbocycles. The predicted molar refractivity (Wildman–Crippen MR) is 62.9 cm³/mol. The van der Waals surface area contributed by atoms with Gasteiger partial charge in [-0.05, 0) is 31.8 Å². The maximum Gasteiger partial charge on any atom is -0.0184 e. The standard InChI is InChI=1S/C14H19/c1-2-4-6-8-10-12-14-13-11-9-7-5-3-1/h1-4,8,10,12H,5,7,9,11,13-14H2/b3-1+,4-2+,8-6?,12-10-. The largest absolute Gasteiger partial charge is 0.0845 e. The molecule has 1 rings (SSSR count). The van der Waals surface area contributed by atoms with Crippen LogP contribution in [0.5, 0.6) is 0 Å². The van der Waals surface area contributed by atoms with E-state index in [2.05, 4.69) is 30.4 Å². The molecule has 0 amide bonds. The molecule has 0 aliphatic heterocycles. The van der Waals surface area contributed by atoms with Crippen molar-refractivity contribution in [1.82, 2.24) is 0 Å². The second kappa shape index (κ2) is 8.55. The third-order valence-corrected chi connectivity index (χ3v) is 2.26. The molecule has 0 unspecified atom stereocenters. The Morgan fingerprint density at radius 1 is 0.714 bits per heavy atom. The fourth-order valence-electron chi connectivity index (χ4n) is 1.44. The summed E-state index contributed by atoms with van der Waals surface area (Å²) in [6.45, 7) is 0. The molecule has 0 aromatic rings. The van der Waals surface area contributed by atoms with Crippen LogP contribution in [0.2, 0.25) is 0 Å². The van der Waals surface area contributed by atoms with Crippen LogP contribution >= 0.6 is 0 Å². The fraction of sp³-hybridized carbons (Fsp3) is 0.429. The van der Waals surface area contributed by atoms with Crippen molar-refractivity contribution in [2.45, 2.75) is 38.5 Å². The summed E-state index contributed by atoms with van der Waals surface area (Å²) in [5.74, 6) is 0. The highest BCUT2D eigenvalue weighted by Gasteiger charge is 1.87. The SMILES string of the molecule is [C]1=C/C=C\CCCCCC/C=C/C=C/1. The Balaban J connectivity index is 2.36. The Morgan fingerprint density at radius 3 is 2.21 bits per heavy atom. The molecule has 0 aromatic heterocycles. The van der Waals surface area contributed by atoms with Gasteiger partial charge in [0.2, 0.25) is 0 Å². The van der Waals surface area contributed by atoms with E-state index in [4.69, 9.17) is 0 Å². The lowest BCUT2D eigenvalue weighted by molar-refractivity contribution is 0.652. The molecule has 0 aromatic carbocycles. The summed E-state index contributed by atoms with van der Waals surface area (Å²) in [4.78, 5) is 0. The summed E-state index contributed by atoms with van der Waals surface area (Å²) in [5, 5.41) is 0. The van der Waals surface area contributed by atoms with E-state index < -0.39 is 0 Å². The summed E-state index contributed by atoms with van der Waals surface area (Å²) in [7, 11) is 0. The van der Waals surface area contributed by atoms with Crippen LogP contribution in [0.3, 0.4) is 0 Å². The fourth-order valence-corrected chi connectivity index (χ4v) is 1.44. The van der Waals surface area contributed by atoms with E-state index >= 15 is 0 Å². The van der Waals surface area contributed by atoms with Crippen LogP contribution in [0.1, 0.15) is 38.5 Å². The molecular formula is C14H19. The van der Waals surface area contributed by atoms with Gasteiger partial charge in [0.05, 0.1) is 0 Å². The van der Waals surface area contributed by atoms with Crippen molar-refractivity contribution in [1.29, 1.82) is 0 Å². The van der Waals surface area contributed by atoms with Crippen molar-refractivity contribution in [2.24, 2.45) is 0 Å². The molecule has 1 aliphatic rings. The van der Waals surface area contributed by atoms with Gasteiger partial charge in [-0.1, -0.05) is 55.4 Å². The molecule has 0 saturated heterocycles. The minimum absolute atomic E-state index is 1.21. The van der Waals surface area contributed by atoms with E-state index in [1.54, 1.807) is 0 Å². The summed E-state index contributed by atoms with van der Waals surface area (Å²) in [6, 6.07) is 0. The Kier molecular flexibility index (Phi) is 6.74. The van der Waals surface area contributed by atoms with Gasteiger partial charge in [-0.25, -0.2) is 0 Å². The van der Waals surface area contributed by atoms with Crippen molar-refractivity contribution in [3.63, 3.8) is 0 Å². The molecule has 0 spiro atoms. The second-order valence-corrected chi connectivity index (χ2v) is 3.54. The maximum atomic E-state index is 3.10. The van der Waals surface area contributed by atoms with E-state index in [1.807, 2.05) is 18.2 Å². The highest BCUT2D eigenvalue weighted by molar-refractivity contribution is 5.11. The summed E-state index contributed by atoms with van der Waals surface area (Å²) >= 11 is 0. The molecule has 0 bridgehead atoms. The lowest BCUT2D eigenvalue weighted by atomic mass is 10.1. The van der Waals surface area contributed by atoms with Gasteiger partial charge in [0.25, 0.3) is 0 Å². The van der Waals surface area contributed by atoms with E-state index in [-0.39, 0.29) is 0 Å². The van der Waals surface area contributed by atoms with Gasteiger partial charge in [-0.2, -0.15) is 0 Å². The van der Waals surface area contributed by atoms with Crippen LogP contribution in [0, 0.1) is 6.08 Å². The lowest BCUT2D eigenvalue weighted by Crippen LogP contribution is -1.76. The van der Waals surface area contributed by atoms with Gasteiger partial charge < -0.3 is 0 Å². The van der Waals surface area contributed by atoms with Crippen molar-refractivity contribution in [2.75, 3.05) is 0 Å². The molecule has 0 nitrogen and oxygen atoms in total. The monoisotopic (exact) mass is 187 g/mol. The number of hydrogen-bond acceptors (Lipinski definition) is 0. The molecule has 0 fully saturated rings. The van der Waals surface area contributed by atoms with E-state index in [9.17, 15) is 0 Å². The first-order chi connectivity index (χ1) is 7.00. The number of allylic oxidation sites excluding steroid dienone is 8. The highest BCUT2D eigenvalue weighted by atomic mass is 13.9. The van der Waals surface area contributed by atoms with Crippen LogP contribution in [-0.4, -0.2) is 0 Å². The first-order valence-electron chi connectivity index (χ1n) is 5.56. The van der Waals surface area contributed by atoms with Crippen molar-refractivity contribution < 1.29 is 0 Å². The zero-order chi connectivity index (χ0) is 9.90. The van der Waals surface area contributed by atoms with Crippen LogP contribution in [-0.2, 0) is 0 Å². The normalized spacial score (nSPS) is 28.6. The smallest absolute Gasteiger partial charge is 0.0184 e. The second-order valence-electron chi connectivity index (χ2n) is 3.54. The minimum Gasteiger partial charge on any atom is -0.0845 e. The first kappa shape index (κ1) is 11.0. The van der Waals surface area contributed by atoms with Gasteiger partial charge in [-0.15, -0.1) is 0 Å². The summed E-state index contributed by atoms with van der Waals surface area (Å²) < 4.78 is 0. The Morgan fingerprint density at radius 2 is 1.43 bits per heavy atom. The molecule has 1 radical (unpaired) electrons. The average molecular weight is 187 g/mol. The van der Waals surface area contributed by atoms with Gasteiger partial charge >= 0.3 is 0 Å². The van der Waals surface area contributed by atoms with Gasteiger partial charge in [0.15, 0.2) is 0 Å². The van der Waals surface area contributed by atoms with Crippen molar-refractivity contribution >= 4 is 0 Å². The van der Waals surface area contributed by atoms with Gasteiger partial charge in [-0.3, -0.25) is 0 Å². The van der Waals surface area contributed by atoms with Crippen LogP contribution in [0.4, 0.5) is 0 Å². The van der Waals surface area contributed by atoms with E-state index in [0.717, 1.165) is 0 Å². The number of rotatable bonds is 0. The minimum atomic E-state index is 1.21. The van der Waals surface area contributed by atoms with Gasteiger partial charge in [0.1, 0.15) is 0 Å². The van der Waals surface area contributed by atoms with E-state index in [1.165, 1.54) is 38.5 Å². The third kappa shape index (κ3) is 6.47. The zero-order valence-corrected chi connectivity index (χ0v) is 8.78. The van der Waals surface area contributed by atoms with Gasteiger partial charge in [0, 0.05) is 0 Å². The zero-order valence-electron chi connectivity index (χ0n) is 8.78. The van der Waals surface area contributed by atoms with Crippen LogP contribution < -0.4 is 0 Å². The Hall–Kier alpha value is -1.04. The third-order valence-electron chi connectivity index (χ3n) is 2.26. The maximum absolute atomic E-state index is 3.10. The molecule has 14 heavy (non-hydrogen) atoms. The summed E-state index contributed by atoms with van der Waals surface area (Å²) in [5.41, 5.74) is 0. The quantitative estimate of drug-likeness (QED) is 0.528. The molecule has 75 valence electrons. The molecular weight excluding hydrogens is 168 g/mol. The lowest BCUT2D eigenvalue weighted by Gasteiger charge is -1.96. The summed E-state index contributed by atoms with van der Waals surface area (Å²) in [6.07, 6.45) is 25.5. The average Bonchev–Trinajstić information content (AvgIpc) is 2.22. The van der Waals surface area contributed by atoms with Crippen LogP contribution in [0.25, 0.3) is 0 Å². The number of hydrogen-bond donors (Lipinski definition) is 0. The molecule has 0 atom stereocenters. The highest BCUT2D eigenvalue weighted by Crippen LogP contribution is 2.06.